The summed E-state index contributed by atoms with van der Waals surface area (Å²) < 4.78 is 0. The molecule has 1 saturated heterocycles. The molecule has 5 nitrogen and oxygen atoms in total. The summed E-state index contributed by atoms with van der Waals surface area (Å²) in [6.07, 6.45) is 8.62. The van der Waals surface area contributed by atoms with Crippen molar-refractivity contribution >= 4 is 47.9 Å². The van der Waals surface area contributed by atoms with Crippen LogP contribution in [0.4, 0.5) is 17.2 Å². The standard InChI is InChI=1S/C21H26N4O.2ClH/c22-18-8-5-9-19-17(18)7-6-14-25(19)21(26)16-10-11-20(23-15-16)24-12-3-1-2-4-13-24;;/h5,8-11,15H,1-4,6-7,12-14,22H2;2*1H. The molecular formula is C21H28Cl2N4O. The lowest BCUT2D eigenvalue weighted by Gasteiger charge is -2.30. The number of carbonyl (C=O) groups is 1. The summed E-state index contributed by atoms with van der Waals surface area (Å²) >= 11 is 0. The lowest BCUT2D eigenvalue weighted by Crippen LogP contribution is -2.36. The second kappa shape index (κ2) is 9.99. The number of aromatic nitrogens is 1. The molecule has 2 N–H and O–H groups in total. The molecule has 1 amide bonds. The molecule has 0 bridgehead atoms. The van der Waals surface area contributed by atoms with Crippen LogP contribution in [0.25, 0.3) is 0 Å². The van der Waals surface area contributed by atoms with Crippen LogP contribution in [-0.2, 0) is 6.42 Å². The summed E-state index contributed by atoms with van der Waals surface area (Å²) in [4.78, 5) is 21.8. The maximum Gasteiger partial charge on any atom is 0.259 e. The number of hydrogen-bond acceptors (Lipinski definition) is 4. The van der Waals surface area contributed by atoms with Gasteiger partial charge in [-0.25, -0.2) is 4.98 Å². The van der Waals surface area contributed by atoms with E-state index >= 15 is 0 Å². The number of anilines is 3. The van der Waals surface area contributed by atoms with Gasteiger partial charge in [0, 0.05) is 37.2 Å². The molecule has 2 aromatic rings. The summed E-state index contributed by atoms with van der Waals surface area (Å²) in [5, 5.41) is 0. The van der Waals surface area contributed by atoms with Crippen LogP contribution >= 0.6 is 24.8 Å². The van der Waals surface area contributed by atoms with E-state index in [1.165, 1.54) is 25.7 Å². The van der Waals surface area contributed by atoms with Gasteiger partial charge in [0.1, 0.15) is 5.82 Å². The number of rotatable bonds is 2. The second-order valence-corrected chi connectivity index (χ2v) is 7.21. The smallest absolute Gasteiger partial charge is 0.259 e. The van der Waals surface area contributed by atoms with Gasteiger partial charge in [-0.15, -0.1) is 24.8 Å². The van der Waals surface area contributed by atoms with Crippen molar-refractivity contribution in [3.8, 4) is 0 Å². The molecule has 2 aliphatic heterocycles. The van der Waals surface area contributed by atoms with Gasteiger partial charge >= 0.3 is 0 Å². The molecular weight excluding hydrogens is 395 g/mol. The number of nitrogens with two attached hydrogens (primary N) is 1. The van der Waals surface area contributed by atoms with Crippen LogP contribution in [0.5, 0.6) is 0 Å². The predicted molar refractivity (Wildman–Crippen MR) is 120 cm³/mol. The minimum atomic E-state index is 0. The minimum Gasteiger partial charge on any atom is -0.398 e. The van der Waals surface area contributed by atoms with Gasteiger partial charge in [-0.1, -0.05) is 18.9 Å². The molecule has 1 aromatic heterocycles. The number of nitrogens with zero attached hydrogens (tertiary/aromatic N) is 3. The van der Waals surface area contributed by atoms with Crippen molar-refractivity contribution in [2.75, 3.05) is 35.2 Å². The molecule has 0 atom stereocenters. The van der Waals surface area contributed by atoms with Crippen LogP contribution in [0, 0.1) is 0 Å². The molecule has 2 aliphatic rings. The van der Waals surface area contributed by atoms with Crippen molar-refractivity contribution in [2.45, 2.75) is 38.5 Å². The third-order valence-electron chi connectivity index (χ3n) is 5.46. The highest BCUT2D eigenvalue weighted by Gasteiger charge is 2.25. The molecule has 1 fully saturated rings. The van der Waals surface area contributed by atoms with Crippen LogP contribution in [0.3, 0.4) is 0 Å². The van der Waals surface area contributed by atoms with Gasteiger partial charge < -0.3 is 15.5 Å². The highest BCUT2D eigenvalue weighted by atomic mass is 35.5. The molecule has 0 spiro atoms. The average Bonchev–Trinajstić information content (AvgIpc) is 2.97. The number of carbonyl (C=O) groups excluding carboxylic acids is 1. The monoisotopic (exact) mass is 422 g/mol. The molecule has 0 radical (unpaired) electrons. The Morgan fingerprint density at radius 1 is 0.929 bits per heavy atom. The van der Waals surface area contributed by atoms with E-state index in [4.69, 9.17) is 5.73 Å². The molecule has 4 rings (SSSR count). The normalized spacial score (nSPS) is 16.3. The Hall–Kier alpha value is -1.98. The van der Waals surface area contributed by atoms with Crippen LogP contribution < -0.4 is 15.5 Å². The van der Waals surface area contributed by atoms with Gasteiger partial charge in [0.15, 0.2) is 0 Å². The first-order valence-electron chi connectivity index (χ1n) is 9.64. The van der Waals surface area contributed by atoms with E-state index in [0.717, 1.165) is 55.2 Å². The van der Waals surface area contributed by atoms with E-state index in [9.17, 15) is 4.79 Å². The van der Waals surface area contributed by atoms with Crippen LogP contribution in [-0.4, -0.2) is 30.5 Å². The molecule has 7 heteroatoms. The fraction of sp³-hybridized carbons (Fsp3) is 0.429. The summed E-state index contributed by atoms with van der Waals surface area (Å²) in [6.45, 7) is 2.83. The Morgan fingerprint density at radius 3 is 2.36 bits per heavy atom. The van der Waals surface area contributed by atoms with Crippen molar-refractivity contribution < 1.29 is 4.79 Å². The molecule has 0 aliphatic carbocycles. The Morgan fingerprint density at radius 2 is 1.68 bits per heavy atom. The largest absolute Gasteiger partial charge is 0.398 e. The Labute approximate surface area is 179 Å². The lowest BCUT2D eigenvalue weighted by molar-refractivity contribution is 0.0985. The van der Waals surface area contributed by atoms with Crippen LogP contribution in [0.2, 0.25) is 0 Å². The van der Waals surface area contributed by atoms with Gasteiger partial charge in [-0.05, 0) is 55.5 Å². The number of nitrogen functional groups attached to an aromatic ring is 1. The van der Waals surface area contributed by atoms with E-state index in [0.29, 0.717) is 5.56 Å². The molecule has 28 heavy (non-hydrogen) atoms. The van der Waals surface area contributed by atoms with Crippen molar-refractivity contribution in [1.82, 2.24) is 4.98 Å². The zero-order chi connectivity index (χ0) is 17.9. The first-order chi connectivity index (χ1) is 12.7. The lowest BCUT2D eigenvalue weighted by atomic mass is 9.99. The number of amides is 1. The Balaban J connectivity index is 0.00000140. The van der Waals surface area contributed by atoms with Gasteiger partial charge in [-0.3, -0.25) is 4.79 Å². The van der Waals surface area contributed by atoms with E-state index in [2.05, 4.69) is 9.88 Å². The van der Waals surface area contributed by atoms with E-state index in [-0.39, 0.29) is 30.7 Å². The number of benzene rings is 1. The summed E-state index contributed by atoms with van der Waals surface area (Å²) in [7, 11) is 0. The molecule has 1 aromatic carbocycles. The number of pyridine rings is 1. The topological polar surface area (TPSA) is 62.5 Å². The maximum atomic E-state index is 13.0. The average molecular weight is 423 g/mol. The van der Waals surface area contributed by atoms with Crippen molar-refractivity contribution in [3.63, 3.8) is 0 Å². The van der Waals surface area contributed by atoms with Gasteiger partial charge in [0.25, 0.3) is 5.91 Å². The van der Waals surface area contributed by atoms with E-state index in [1.807, 2.05) is 35.2 Å². The fourth-order valence-corrected chi connectivity index (χ4v) is 4.02. The fourth-order valence-electron chi connectivity index (χ4n) is 4.02. The predicted octanol–water partition coefficient (Wildman–Crippen LogP) is 4.48. The minimum absolute atomic E-state index is 0. The second-order valence-electron chi connectivity index (χ2n) is 7.21. The number of fused-ring (bicyclic) bond motifs is 1. The van der Waals surface area contributed by atoms with Gasteiger partial charge in [-0.2, -0.15) is 0 Å². The summed E-state index contributed by atoms with van der Waals surface area (Å²) in [5.41, 5.74) is 9.54. The third kappa shape index (κ3) is 4.53. The molecule has 0 unspecified atom stereocenters. The van der Waals surface area contributed by atoms with E-state index in [1.54, 1.807) is 6.20 Å². The zero-order valence-electron chi connectivity index (χ0n) is 16.0. The van der Waals surface area contributed by atoms with E-state index < -0.39 is 0 Å². The number of hydrogen-bond donors (Lipinski definition) is 1. The summed E-state index contributed by atoms with van der Waals surface area (Å²) in [6, 6.07) is 9.71. The summed E-state index contributed by atoms with van der Waals surface area (Å²) in [5.74, 6) is 0.984. The van der Waals surface area contributed by atoms with Crippen LogP contribution in [0.15, 0.2) is 36.5 Å². The Bertz CT molecular complexity index is 789. The molecule has 0 saturated carbocycles. The highest BCUT2D eigenvalue weighted by molar-refractivity contribution is 6.07. The van der Waals surface area contributed by atoms with Crippen molar-refractivity contribution in [2.24, 2.45) is 0 Å². The third-order valence-corrected chi connectivity index (χ3v) is 5.46. The Kier molecular flexibility index (Phi) is 7.96. The van der Waals surface area contributed by atoms with Gasteiger partial charge in [0.05, 0.1) is 5.56 Å². The van der Waals surface area contributed by atoms with Crippen molar-refractivity contribution in [1.29, 1.82) is 0 Å². The zero-order valence-corrected chi connectivity index (χ0v) is 17.6. The van der Waals surface area contributed by atoms with Gasteiger partial charge in [0.2, 0.25) is 0 Å². The first kappa shape index (κ1) is 22.3. The first-order valence-corrected chi connectivity index (χ1v) is 9.64. The molecule has 3 heterocycles. The molecule has 152 valence electrons. The quantitative estimate of drug-likeness (QED) is 0.724. The van der Waals surface area contributed by atoms with Crippen LogP contribution in [0.1, 0.15) is 48.0 Å². The van der Waals surface area contributed by atoms with Crippen molar-refractivity contribution in [3.05, 3.63) is 47.7 Å². The highest BCUT2D eigenvalue weighted by Crippen LogP contribution is 2.32. The maximum absolute atomic E-state index is 13.0. The number of halogens is 2. The SMILES string of the molecule is Cl.Cl.Nc1cccc2c1CCCN2C(=O)c1ccc(N2CCCCCC2)nc1.